The van der Waals surface area contributed by atoms with Gasteiger partial charge in [0.2, 0.25) is 5.88 Å². The number of nitrogens with zero attached hydrogens (tertiary/aromatic N) is 3. The van der Waals surface area contributed by atoms with Crippen LogP contribution in [0.25, 0.3) is 11.3 Å². The molecule has 4 rings (SSSR count). The first-order valence-corrected chi connectivity index (χ1v) is 9.16. The lowest BCUT2D eigenvalue weighted by Crippen LogP contribution is -2.08. The number of ether oxygens (including phenoxy) is 1. The minimum Gasteiger partial charge on any atom is -0.481 e. The normalized spacial score (nSPS) is 16.6. The first kappa shape index (κ1) is 17.6. The molecule has 140 valence electrons. The Labute approximate surface area is 156 Å². The van der Waals surface area contributed by atoms with E-state index in [1.807, 2.05) is 22.9 Å². The van der Waals surface area contributed by atoms with Crippen molar-refractivity contribution in [2.45, 2.75) is 38.1 Å². The zero-order chi connectivity index (χ0) is 18.8. The summed E-state index contributed by atoms with van der Waals surface area (Å²) in [6.07, 6.45) is 5.16. The second kappa shape index (κ2) is 7.47. The van der Waals surface area contributed by atoms with E-state index >= 15 is 0 Å². The lowest BCUT2D eigenvalue weighted by atomic mass is 9.91. The second-order valence-electron chi connectivity index (χ2n) is 6.91. The fourth-order valence-electron chi connectivity index (χ4n) is 3.71. The molecule has 0 aliphatic carbocycles. The SMILES string of the molecule is COc1cc(-c2cc3n(n2)CCCCC3Cc2ccc(F)cc2)c(F)cn1. The molecule has 0 radical (unpaired) electrons. The lowest BCUT2D eigenvalue weighted by Gasteiger charge is -2.15. The third-order valence-electron chi connectivity index (χ3n) is 5.11. The van der Waals surface area contributed by atoms with Gasteiger partial charge in [0, 0.05) is 29.8 Å². The summed E-state index contributed by atoms with van der Waals surface area (Å²) in [6.45, 7) is 0.819. The van der Waals surface area contributed by atoms with Crippen molar-refractivity contribution in [3.63, 3.8) is 0 Å². The number of hydrogen-bond acceptors (Lipinski definition) is 3. The number of pyridine rings is 1. The Hall–Kier alpha value is -2.76. The third kappa shape index (κ3) is 3.70. The standard InChI is InChI=1S/C21H21F2N3O/c1-27-21-11-17(18(23)13-24-21)19-12-20-15(4-2-3-9-26(20)25-19)10-14-5-7-16(22)8-6-14/h5-8,11-13,15H,2-4,9-10H2,1H3. The molecule has 1 aliphatic rings. The van der Waals surface area contributed by atoms with Crippen molar-refractivity contribution in [1.82, 2.24) is 14.8 Å². The maximum atomic E-state index is 14.3. The van der Waals surface area contributed by atoms with Gasteiger partial charge >= 0.3 is 0 Å². The first-order valence-electron chi connectivity index (χ1n) is 9.16. The summed E-state index contributed by atoms with van der Waals surface area (Å²) < 4.78 is 34.6. The molecule has 1 atom stereocenters. The molecule has 3 heterocycles. The number of methoxy groups -OCH3 is 1. The number of halogens is 2. The smallest absolute Gasteiger partial charge is 0.213 e. The molecule has 1 unspecified atom stereocenters. The molecule has 4 nitrogen and oxygen atoms in total. The Balaban J connectivity index is 1.68. The molecule has 0 saturated carbocycles. The predicted molar refractivity (Wildman–Crippen MR) is 98.7 cm³/mol. The highest BCUT2D eigenvalue weighted by molar-refractivity contribution is 5.61. The van der Waals surface area contributed by atoms with Gasteiger partial charge in [0.05, 0.1) is 19.0 Å². The molecule has 0 saturated heterocycles. The van der Waals surface area contributed by atoms with Crippen LogP contribution in [-0.4, -0.2) is 21.9 Å². The van der Waals surface area contributed by atoms with Crippen molar-refractivity contribution in [3.8, 4) is 17.1 Å². The molecule has 2 aromatic heterocycles. The van der Waals surface area contributed by atoms with E-state index in [1.54, 1.807) is 6.07 Å². The largest absolute Gasteiger partial charge is 0.481 e. The van der Waals surface area contributed by atoms with E-state index < -0.39 is 5.82 Å². The summed E-state index contributed by atoms with van der Waals surface area (Å²) in [5.74, 6) is -0.0170. The van der Waals surface area contributed by atoms with Crippen molar-refractivity contribution in [3.05, 3.63) is 65.5 Å². The van der Waals surface area contributed by atoms with Crippen LogP contribution < -0.4 is 4.74 Å². The van der Waals surface area contributed by atoms with E-state index in [1.165, 1.54) is 19.2 Å². The highest BCUT2D eigenvalue weighted by Gasteiger charge is 2.23. The lowest BCUT2D eigenvalue weighted by molar-refractivity contribution is 0.396. The monoisotopic (exact) mass is 369 g/mol. The number of aromatic nitrogens is 3. The van der Waals surface area contributed by atoms with E-state index in [4.69, 9.17) is 4.74 Å². The molecular weight excluding hydrogens is 348 g/mol. The summed E-state index contributed by atoms with van der Waals surface area (Å²) in [5, 5.41) is 4.66. The molecule has 3 aromatic rings. The van der Waals surface area contributed by atoms with Gasteiger partial charge in [0.15, 0.2) is 5.82 Å². The number of rotatable bonds is 4. The molecular formula is C21H21F2N3O. The van der Waals surface area contributed by atoms with Crippen molar-refractivity contribution >= 4 is 0 Å². The maximum absolute atomic E-state index is 14.3. The Kier molecular flexibility index (Phi) is 4.88. The van der Waals surface area contributed by atoms with Crippen LogP contribution in [0.5, 0.6) is 5.88 Å². The van der Waals surface area contributed by atoms with E-state index in [0.29, 0.717) is 17.1 Å². The molecule has 6 heteroatoms. The highest BCUT2D eigenvalue weighted by atomic mass is 19.1. The first-order chi connectivity index (χ1) is 13.1. The van der Waals surface area contributed by atoms with Gasteiger partial charge in [-0.3, -0.25) is 4.68 Å². The van der Waals surface area contributed by atoms with Crippen LogP contribution in [0.2, 0.25) is 0 Å². The van der Waals surface area contributed by atoms with Crippen LogP contribution in [0.1, 0.15) is 36.4 Å². The van der Waals surface area contributed by atoms with Crippen molar-refractivity contribution in [1.29, 1.82) is 0 Å². The maximum Gasteiger partial charge on any atom is 0.213 e. The molecule has 0 fully saturated rings. The quantitative estimate of drug-likeness (QED) is 0.667. The van der Waals surface area contributed by atoms with Gasteiger partial charge < -0.3 is 4.74 Å². The fourth-order valence-corrected chi connectivity index (χ4v) is 3.71. The number of aryl methyl sites for hydroxylation is 1. The summed E-state index contributed by atoms with van der Waals surface area (Å²) in [5.41, 5.74) is 3.17. The molecule has 0 bridgehead atoms. The number of benzene rings is 1. The average Bonchev–Trinajstić information content (AvgIpc) is 3.01. The molecule has 1 aromatic carbocycles. The number of fused-ring (bicyclic) bond motifs is 1. The summed E-state index contributed by atoms with van der Waals surface area (Å²) >= 11 is 0. The van der Waals surface area contributed by atoms with Gasteiger partial charge in [-0.05, 0) is 43.0 Å². The third-order valence-corrected chi connectivity index (χ3v) is 5.11. The van der Waals surface area contributed by atoms with Gasteiger partial charge in [-0.1, -0.05) is 18.6 Å². The van der Waals surface area contributed by atoms with Crippen molar-refractivity contribution in [2.24, 2.45) is 0 Å². The minimum absolute atomic E-state index is 0.228. The molecule has 0 N–H and O–H groups in total. The Bertz CT molecular complexity index is 937. The summed E-state index contributed by atoms with van der Waals surface area (Å²) in [4.78, 5) is 3.90. The minimum atomic E-state index is -0.417. The van der Waals surface area contributed by atoms with Gasteiger partial charge in [0.25, 0.3) is 0 Å². The topological polar surface area (TPSA) is 39.9 Å². The average molecular weight is 369 g/mol. The van der Waals surface area contributed by atoms with Gasteiger partial charge in [-0.15, -0.1) is 0 Å². The van der Waals surface area contributed by atoms with Crippen LogP contribution >= 0.6 is 0 Å². The van der Waals surface area contributed by atoms with Crippen LogP contribution in [0.3, 0.4) is 0 Å². The Morgan fingerprint density at radius 3 is 2.74 bits per heavy atom. The summed E-state index contributed by atoms with van der Waals surface area (Å²) in [6, 6.07) is 10.2. The van der Waals surface area contributed by atoms with Gasteiger partial charge in [0.1, 0.15) is 5.82 Å². The fraction of sp³-hybridized carbons (Fsp3) is 0.333. The van der Waals surface area contributed by atoms with E-state index in [-0.39, 0.29) is 11.7 Å². The van der Waals surface area contributed by atoms with Crippen molar-refractivity contribution < 1.29 is 13.5 Å². The van der Waals surface area contributed by atoms with Crippen molar-refractivity contribution in [2.75, 3.05) is 7.11 Å². The second-order valence-corrected chi connectivity index (χ2v) is 6.91. The van der Waals surface area contributed by atoms with Crippen LogP contribution in [-0.2, 0) is 13.0 Å². The van der Waals surface area contributed by atoms with E-state index in [9.17, 15) is 8.78 Å². The predicted octanol–water partition coefficient (Wildman–Crippen LogP) is 4.74. The van der Waals surface area contributed by atoms with Crippen LogP contribution in [0.15, 0.2) is 42.6 Å². The highest BCUT2D eigenvalue weighted by Crippen LogP contribution is 2.33. The zero-order valence-electron chi connectivity index (χ0n) is 15.2. The van der Waals surface area contributed by atoms with Gasteiger partial charge in [-0.2, -0.15) is 5.10 Å². The van der Waals surface area contributed by atoms with Gasteiger partial charge in [-0.25, -0.2) is 13.8 Å². The van der Waals surface area contributed by atoms with E-state index in [0.717, 1.165) is 49.7 Å². The zero-order valence-corrected chi connectivity index (χ0v) is 15.2. The molecule has 27 heavy (non-hydrogen) atoms. The van der Waals surface area contributed by atoms with Crippen LogP contribution in [0, 0.1) is 11.6 Å². The molecule has 0 amide bonds. The van der Waals surface area contributed by atoms with E-state index in [2.05, 4.69) is 10.1 Å². The van der Waals surface area contributed by atoms with Crippen LogP contribution in [0.4, 0.5) is 8.78 Å². The Morgan fingerprint density at radius 1 is 1.15 bits per heavy atom. The molecule has 0 spiro atoms. The molecule has 1 aliphatic heterocycles. The summed E-state index contributed by atoms with van der Waals surface area (Å²) in [7, 11) is 1.51. The Morgan fingerprint density at radius 2 is 1.96 bits per heavy atom. The number of hydrogen-bond donors (Lipinski definition) is 0.